The summed E-state index contributed by atoms with van der Waals surface area (Å²) in [6.07, 6.45) is 2.10. The zero-order chi connectivity index (χ0) is 24.8. The van der Waals surface area contributed by atoms with Gasteiger partial charge in [0.05, 0.1) is 19.2 Å². The van der Waals surface area contributed by atoms with E-state index in [4.69, 9.17) is 25.8 Å². The van der Waals surface area contributed by atoms with Crippen LogP contribution >= 0.6 is 11.6 Å². The Labute approximate surface area is 204 Å². The predicted octanol–water partition coefficient (Wildman–Crippen LogP) is 4.04. The summed E-state index contributed by atoms with van der Waals surface area (Å²) >= 11 is 6.14. The van der Waals surface area contributed by atoms with Crippen LogP contribution in [0.4, 0.5) is 4.79 Å². The molecule has 0 fully saturated rings. The summed E-state index contributed by atoms with van der Waals surface area (Å²) in [5.41, 5.74) is 1.69. The number of halogens is 1. The Kier molecular flexibility index (Phi) is 11.7. The van der Waals surface area contributed by atoms with Gasteiger partial charge in [-0.1, -0.05) is 54.4 Å². The van der Waals surface area contributed by atoms with Gasteiger partial charge in [0.25, 0.3) is 0 Å². The third-order valence-electron chi connectivity index (χ3n) is 5.04. The summed E-state index contributed by atoms with van der Waals surface area (Å²) in [5, 5.41) is 5.84. The van der Waals surface area contributed by atoms with Crippen LogP contribution in [0, 0.1) is 0 Å². The third-order valence-corrected chi connectivity index (χ3v) is 5.34. The van der Waals surface area contributed by atoms with Crippen LogP contribution < -0.4 is 15.4 Å². The maximum atomic E-state index is 12.3. The highest BCUT2D eigenvalue weighted by Gasteiger charge is 2.22. The minimum atomic E-state index is -0.817. The standard InChI is InChI=1S/C25H31ClN2O6/c1-32-22-13-12-19(15-20(22)26)16-21(24(30)33-2)28-23(29)11-7-4-8-14-27-25(31)34-17-18-9-5-3-6-10-18/h3,5-6,9-10,12-13,15,21H,4,7-8,11,14,16-17H2,1-2H3,(H,27,31)(H,28,29)/t21-/m1/s1. The molecule has 8 nitrogen and oxygen atoms in total. The number of unbranched alkanes of at least 4 members (excludes halogenated alkanes) is 2. The molecule has 0 saturated carbocycles. The number of hydrogen-bond donors (Lipinski definition) is 2. The molecule has 0 spiro atoms. The van der Waals surface area contributed by atoms with E-state index in [9.17, 15) is 14.4 Å². The number of methoxy groups -OCH3 is 2. The van der Waals surface area contributed by atoms with Crippen molar-refractivity contribution in [2.24, 2.45) is 0 Å². The molecule has 0 unspecified atom stereocenters. The average molecular weight is 491 g/mol. The summed E-state index contributed by atoms with van der Waals surface area (Å²) in [5.74, 6) is -0.244. The molecule has 0 aromatic heterocycles. The van der Waals surface area contributed by atoms with Gasteiger partial charge in [-0.25, -0.2) is 9.59 Å². The molecule has 0 bridgehead atoms. The number of nitrogens with one attached hydrogen (secondary N) is 2. The van der Waals surface area contributed by atoms with E-state index in [-0.39, 0.29) is 25.4 Å². The second kappa shape index (κ2) is 14.8. The Morgan fingerprint density at radius 3 is 2.41 bits per heavy atom. The maximum Gasteiger partial charge on any atom is 0.407 e. The van der Waals surface area contributed by atoms with Crippen LogP contribution in [-0.4, -0.2) is 44.8 Å². The predicted molar refractivity (Wildman–Crippen MR) is 129 cm³/mol. The number of carbonyl (C=O) groups excluding carboxylic acids is 3. The number of carbonyl (C=O) groups is 3. The molecule has 0 heterocycles. The summed E-state index contributed by atoms with van der Waals surface area (Å²) in [6.45, 7) is 0.676. The summed E-state index contributed by atoms with van der Waals surface area (Å²) in [7, 11) is 2.80. The quantitative estimate of drug-likeness (QED) is 0.324. The van der Waals surface area contributed by atoms with Crippen LogP contribution in [0.3, 0.4) is 0 Å². The van der Waals surface area contributed by atoms with E-state index in [2.05, 4.69) is 10.6 Å². The Balaban J connectivity index is 1.66. The molecule has 0 aliphatic heterocycles. The maximum absolute atomic E-state index is 12.3. The van der Waals surface area contributed by atoms with Crippen molar-refractivity contribution in [2.45, 2.75) is 44.8 Å². The Bertz CT molecular complexity index is 938. The molecule has 34 heavy (non-hydrogen) atoms. The van der Waals surface area contributed by atoms with Crippen LogP contribution in [0.25, 0.3) is 0 Å². The zero-order valence-corrected chi connectivity index (χ0v) is 20.2. The fourth-order valence-corrected chi connectivity index (χ4v) is 3.51. The largest absolute Gasteiger partial charge is 0.495 e. The lowest BCUT2D eigenvalue weighted by Crippen LogP contribution is -2.43. The van der Waals surface area contributed by atoms with Gasteiger partial charge in [0, 0.05) is 19.4 Å². The minimum Gasteiger partial charge on any atom is -0.495 e. The van der Waals surface area contributed by atoms with Gasteiger partial charge in [0.15, 0.2) is 0 Å². The van der Waals surface area contributed by atoms with E-state index in [1.54, 1.807) is 18.2 Å². The van der Waals surface area contributed by atoms with E-state index >= 15 is 0 Å². The summed E-state index contributed by atoms with van der Waals surface area (Å²) in [4.78, 5) is 36.2. The van der Waals surface area contributed by atoms with Crippen LogP contribution in [0.2, 0.25) is 5.02 Å². The molecule has 0 aliphatic rings. The van der Waals surface area contributed by atoms with Gasteiger partial charge in [-0.2, -0.15) is 0 Å². The molecule has 0 saturated heterocycles. The molecular formula is C25H31ClN2O6. The number of ether oxygens (including phenoxy) is 3. The third kappa shape index (κ3) is 9.70. The first-order valence-corrected chi connectivity index (χ1v) is 11.4. The lowest BCUT2D eigenvalue weighted by Gasteiger charge is -2.17. The van der Waals surface area contributed by atoms with Crippen molar-refractivity contribution in [3.8, 4) is 5.75 Å². The molecule has 0 aliphatic carbocycles. The highest BCUT2D eigenvalue weighted by Crippen LogP contribution is 2.25. The average Bonchev–Trinajstić information content (AvgIpc) is 2.84. The highest BCUT2D eigenvalue weighted by molar-refractivity contribution is 6.32. The van der Waals surface area contributed by atoms with Crippen molar-refractivity contribution in [1.82, 2.24) is 10.6 Å². The van der Waals surface area contributed by atoms with Crippen molar-refractivity contribution in [1.29, 1.82) is 0 Å². The lowest BCUT2D eigenvalue weighted by molar-refractivity contribution is -0.145. The molecule has 1 atom stereocenters. The number of esters is 1. The first kappa shape index (κ1) is 27.0. The molecule has 2 aromatic carbocycles. The van der Waals surface area contributed by atoms with Crippen LogP contribution in [-0.2, 0) is 32.1 Å². The number of alkyl carbamates (subject to hydrolysis) is 1. The monoisotopic (exact) mass is 490 g/mol. The zero-order valence-electron chi connectivity index (χ0n) is 19.5. The molecule has 184 valence electrons. The van der Waals surface area contributed by atoms with Crippen LogP contribution in [0.5, 0.6) is 5.75 Å². The summed E-state index contributed by atoms with van der Waals surface area (Å²) < 4.78 is 15.1. The number of benzene rings is 2. The molecule has 2 N–H and O–H groups in total. The second-order valence-electron chi connectivity index (χ2n) is 7.62. The molecule has 2 amide bonds. The van der Waals surface area contributed by atoms with Gasteiger partial charge in [-0.05, 0) is 36.1 Å². The van der Waals surface area contributed by atoms with E-state index in [0.29, 0.717) is 30.2 Å². The van der Waals surface area contributed by atoms with E-state index in [1.165, 1.54) is 14.2 Å². The van der Waals surface area contributed by atoms with Gasteiger partial charge in [0.1, 0.15) is 18.4 Å². The van der Waals surface area contributed by atoms with E-state index < -0.39 is 18.1 Å². The number of hydrogen-bond acceptors (Lipinski definition) is 6. The highest BCUT2D eigenvalue weighted by atomic mass is 35.5. The Morgan fingerprint density at radius 1 is 0.971 bits per heavy atom. The molecular weight excluding hydrogens is 460 g/mol. The second-order valence-corrected chi connectivity index (χ2v) is 8.02. The fourth-order valence-electron chi connectivity index (χ4n) is 3.23. The molecule has 0 radical (unpaired) electrons. The SMILES string of the molecule is COC(=O)[C@@H](Cc1ccc(OC)c(Cl)c1)NC(=O)CCCCCNC(=O)OCc1ccccc1. The van der Waals surface area contributed by atoms with Gasteiger partial charge < -0.3 is 24.8 Å². The van der Waals surface area contributed by atoms with Gasteiger partial charge >= 0.3 is 12.1 Å². The number of amides is 2. The van der Waals surface area contributed by atoms with Crippen LogP contribution in [0.1, 0.15) is 36.8 Å². The van der Waals surface area contributed by atoms with Crippen molar-refractivity contribution in [3.05, 3.63) is 64.7 Å². The first-order valence-electron chi connectivity index (χ1n) is 11.1. The van der Waals surface area contributed by atoms with Gasteiger partial charge in [-0.15, -0.1) is 0 Å². The topological polar surface area (TPSA) is 103 Å². The van der Waals surface area contributed by atoms with Crippen LogP contribution in [0.15, 0.2) is 48.5 Å². The fraction of sp³-hybridized carbons (Fsp3) is 0.400. The van der Waals surface area contributed by atoms with Gasteiger partial charge in [-0.3, -0.25) is 4.79 Å². The van der Waals surface area contributed by atoms with Crippen molar-refractivity contribution in [2.75, 3.05) is 20.8 Å². The normalized spacial score (nSPS) is 11.3. The minimum absolute atomic E-state index is 0.219. The molecule has 2 aromatic rings. The molecule has 2 rings (SSSR count). The lowest BCUT2D eigenvalue weighted by atomic mass is 10.1. The van der Waals surface area contributed by atoms with Crippen molar-refractivity contribution >= 4 is 29.6 Å². The van der Waals surface area contributed by atoms with Crippen molar-refractivity contribution < 1.29 is 28.6 Å². The van der Waals surface area contributed by atoms with E-state index in [1.807, 2.05) is 30.3 Å². The Hall–Kier alpha value is -3.26. The smallest absolute Gasteiger partial charge is 0.407 e. The molecule has 9 heteroatoms. The Morgan fingerprint density at radius 2 is 1.74 bits per heavy atom. The first-order chi connectivity index (χ1) is 16.4. The summed E-state index contributed by atoms with van der Waals surface area (Å²) in [6, 6.07) is 13.8. The van der Waals surface area contributed by atoms with E-state index in [0.717, 1.165) is 17.5 Å². The van der Waals surface area contributed by atoms with Crippen molar-refractivity contribution in [3.63, 3.8) is 0 Å². The van der Waals surface area contributed by atoms with Gasteiger partial charge in [0.2, 0.25) is 5.91 Å². The number of rotatable bonds is 13.